The van der Waals surface area contributed by atoms with Gasteiger partial charge in [0, 0.05) is 23.4 Å². The van der Waals surface area contributed by atoms with Crippen molar-refractivity contribution < 1.29 is 19.1 Å². The lowest BCUT2D eigenvalue weighted by atomic mass is 10.0. The third-order valence-electron chi connectivity index (χ3n) is 4.35. The molecule has 1 atom stereocenters. The molecule has 0 bridgehead atoms. The summed E-state index contributed by atoms with van der Waals surface area (Å²) >= 11 is 5.97. The van der Waals surface area contributed by atoms with Gasteiger partial charge in [0.1, 0.15) is 11.5 Å². The van der Waals surface area contributed by atoms with Crippen molar-refractivity contribution in [3.8, 4) is 11.5 Å². The van der Waals surface area contributed by atoms with Crippen molar-refractivity contribution in [1.82, 2.24) is 5.32 Å². The quantitative estimate of drug-likeness (QED) is 0.605. The Labute approximate surface area is 171 Å². The monoisotopic (exact) mass is 403 g/mol. The topological polar surface area (TPSA) is 64.6 Å². The number of hydrogen-bond acceptors (Lipinski definition) is 4. The minimum absolute atomic E-state index is 0.0708. The molecule has 150 valence electrons. The second kappa shape index (κ2) is 10.1. The molecule has 0 heterocycles. The summed E-state index contributed by atoms with van der Waals surface area (Å²) in [5, 5.41) is 3.39. The molecule has 0 aliphatic heterocycles. The van der Waals surface area contributed by atoms with E-state index in [1.165, 1.54) is 7.11 Å². The third-order valence-corrected chi connectivity index (χ3v) is 4.59. The number of carbonyl (C=O) groups excluding carboxylic acids is 2. The van der Waals surface area contributed by atoms with Crippen molar-refractivity contribution in [3.63, 3.8) is 0 Å². The largest absolute Gasteiger partial charge is 0.496 e. The van der Waals surface area contributed by atoms with Crippen LogP contribution in [0, 0.1) is 6.92 Å². The van der Waals surface area contributed by atoms with Gasteiger partial charge in [-0.1, -0.05) is 29.3 Å². The number of ether oxygens (including phenoxy) is 2. The van der Waals surface area contributed by atoms with Crippen molar-refractivity contribution in [1.29, 1.82) is 0 Å². The zero-order valence-corrected chi connectivity index (χ0v) is 17.4. The Kier molecular flexibility index (Phi) is 7.88. The molecular weight excluding hydrogens is 378 g/mol. The summed E-state index contributed by atoms with van der Waals surface area (Å²) in [7, 11) is 1.49. The van der Waals surface area contributed by atoms with Crippen LogP contribution in [-0.4, -0.2) is 25.4 Å². The third kappa shape index (κ3) is 5.73. The molecule has 1 amide bonds. The van der Waals surface area contributed by atoms with Crippen molar-refractivity contribution in [3.05, 3.63) is 58.1 Å². The molecule has 0 aromatic heterocycles. The molecule has 0 fully saturated rings. The summed E-state index contributed by atoms with van der Waals surface area (Å²) in [4.78, 5) is 24.9. The molecule has 2 aromatic carbocycles. The van der Waals surface area contributed by atoms with Gasteiger partial charge in [0.2, 0.25) is 5.91 Å². The van der Waals surface area contributed by atoms with Gasteiger partial charge in [0.15, 0.2) is 5.78 Å². The second-order valence-corrected chi connectivity index (χ2v) is 6.97. The number of ketones is 1. The Morgan fingerprint density at radius 2 is 1.82 bits per heavy atom. The van der Waals surface area contributed by atoms with Gasteiger partial charge in [-0.25, -0.2) is 0 Å². The molecule has 0 spiro atoms. The van der Waals surface area contributed by atoms with Gasteiger partial charge in [-0.05, 0) is 45.0 Å². The van der Waals surface area contributed by atoms with E-state index in [1.54, 1.807) is 18.2 Å². The van der Waals surface area contributed by atoms with Crippen LogP contribution >= 0.6 is 11.6 Å². The predicted octanol–water partition coefficient (Wildman–Crippen LogP) is 4.90. The lowest BCUT2D eigenvalue weighted by molar-refractivity contribution is -0.121. The van der Waals surface area contributed by atoms with Gasteiger partial charge < -0.3 is 14.8 Å². The van der Waals surface area contributed by atoms with Crippen LogP contribution in [0.2, 0.25) is 5.02 Å². The molecule has 28 heavy (non-hydrogen) atoms. The summed E-state index contributed by atoms with van der Waals surface area (Å²) in [6, 6.07) is 10.5. The zero-order chi connectivity index (χ0) is 20.7. The fourth-order valence-corrected chi connectivity index (χ4v) is 3.12. The maximum Gasteiger partial charge on any atom is 0.220 e. The van der Waals surface area contributed by atoms with Crippen LogP contribution in [0.25, 0.3) is 0 Å². The lowest BCUT2D eigenvalue weighted by Gasteiger charge is -2.19. The smallest absolute Gasteiger partial charge is 0.220 e. The fraction of sp³-hybridized carbons (Fsp3) is 0.364. The first-order valence-corrected chi connectivity index (χ1v) is 9.63. The van der Waals surface area contributed by atoms with E-state index < -0.39 is 0 Å². The molecule has 0 aliphatic carbocycles. The highest BCUT2D eigenvalue weighted by Gasteiger charge is 2.18. The number of rotatable bonds is 9. The standard InChI is InChI=1S/C22H26ClNO4/c1-5-28-21-9-6-14(2)12-17(21)15(3)24-22(26)11-8-19(25)18-13-16(23)7-10-20(18)27-4/h6-7,9-10,12-13,15H,5,8,11H2,1-4H3,(H,24,26). The van der Waals surface area contributed by atoms with Crippen LogP contribution in [0.1, 0.15) is 54.2 Å². The number of Topliss-reactive ketones (excluding diaryl/α,β-unsaturated/α-hetero) is 1. The summed E-state index contributed by atoms with van der Waals surface area (Å²) in [5.74, 6) is 0.809. The number of hydrogen-bond donors (Lipinski definition) is 1. The minimum Gasteiger partial charge on any atom is -0.496 e. The molecular formula is C22H26ClNO4. The highest BCUT2D eigenvalue weighted by molar-refractivity contribution is 6.31. The van der Waals surface area contributed by atoms with Crippen molar-refractivity contribution in [2.45, 2.75) is 39.7 Å². The number of halogens is 1. The molecule has 0 radical (unpaired) electrons. The Bertz CT molecular complexity index is 850. The average molecular weight is 404 g/mol. The average Bonchev–Trinajstić information content (AvgIpc) is 2.67. The maximum atomic E-state index is 12.5. The summed E-state index contributed by atoms with van der Waals surface area (Å²) < 4.78 is 10.9. The number of aryl methyl sites for hydroxylation is 1. The van der Waals surface area contributed by atoms with Crippen LogP contribution in [0.15, 0.2) is 36.4 Å². The van der Waals surface area contributed by atoms with Gasteiger partial charge in [-0.2, -0.15) is 0 Å². The number of benzene rings is 2. The van der Waals surface area contributed by atoms with Crippen LogP contribution in [-0.2, 0) is 4.79 Å². The first-order valence-electron chi connectivity index (χ1n) is 9.25. The lowest BCUT2D eigenvalue weighted by Crippen LogP contribution is -2.27. The zero-order valence-electron chi connectivity index (χ0n) is 16.7. The van der Waals surface area contributed by atoms with Crippen molar-refractivity contribution in [2.24, 2.45) is 0 Å². The van der Waals surface area contributed by atoms with Gasteiger partial charge in [-0.3, -0.25) is 9.59 Å². The van der Waals surface area contributed by atoms with E-state index in [1.807, 2.05) is 39.0 Å². The Hall–Kier alpha value is -2.53. The molecule has 2 rings (SSSR count). The number of carbonyl (C=O) groups is 2. The van der Waals surface area contributed by atoms with Crippen LogP contribution < -0.4 is 14.8 Å². The summed E-state index contributed by atoms with van der Waals surface area (Å²) in [5.41, 5.74) is 2.38. The van der Waals surface area contributed by atoms with E-state index in [0.717, 1.165) is 16.9 Å². The van der Waals surface area contributed by atoms with Crippen molar-refractivity contribution >= 4 is 23.3 Å². The molecule has 1 N–H and O–H groups in total. The SMILES string of the molecule is CCOc1ccc(C)cc1C(C)NC(=O)CCC(=O)c1cc(Cl)ccc1OC. The van der Waals surface area contributed by atoms with E-state index in [-0.39, 0.29) is 30.6 Å². The Morgan fingerprint density at radius 1 is 1.11 bits per heavy atom. The molecule has 1 unspecified atom stereocenters. The number of amides is 1. The summed E-state index contributed by atoms with van der Waals surface area (Å²) in [6.07, 6.45) is 0.149. The van der Waals surface area contributed by atoms with E-state index in [9.17, 15) is 9.59 Å². The number of methoxy groups -OCH3 is 1. The highest BCUT2D eigenvalue weighted by Crippen LogP contribution is 2.27. The number of nitrogens with one attached hydrogen (secondary N) is 1. The van der Waals surface area contributed by atoms with Crippen LogP contribution in [0.4, 0.5) is 0 Å². The highest BCUT2D eigenvalue weighted by atomic mass is 35.5. The van der Waals surface area contributed by atoms with Gasteiger partial charge in [-0.15, -0.1) is 0 Å². The van der Waals surface area contributed by atoms with E-state index in [0.29, 0.717) is 22.9 Å². The molecule has 0 saturated heterocycles. The van der Waals surface area contributed by atoms with Gasteiger partial charge >= 0.3 is 0 Å². The predicted molar refractivity (Wildman–Crippen MR) is 110 cm³/mol. The molecule has 0 aliphatic rings. The van der Waals surface area contributed by atoms with E-state index in [4.69, 9.17) is 21.1 Å². The second-order valence-electron chi connectivity index (χ2n) is 6.53. The van der Waals surface area contributed by atoms with Crippen molar-refractivity contribution in [2.75, 3.05) is 13.7 Å². The first kappa shape index (κ1) is 21.8. The Morgan fingerprint density at radius 3 is 2.50 bits per heavy atom. The minimum atomic E-state index is -0.232. The molecule has 5 nitrogen and oxygen atoms in total. The fourth-order valence-electron chi connectivity index (χ4n) is 2.94. The Balaban J connectivity index is 2.00. The molecule has 2 aromatic rings. The van der Waals surface area contributed by atoms with Gasteiger partial charge in [0.25, 0.3) is 0 Å². The van der Waals surface area contributed by atoms with E-state index >= 15 is 0 Å². The molecule has 6 heteroatoms. The summed E-state index contributed by atoms with van der Waals surface area (Å²) in [6.45, 7) is 6.36. The van der Waals surface area contributed by atoms with Crippen LogP contribution in [0.3, 0.4) is 0 Å². The van der Waals surface area contributed by atoms with Gasteiger partial charge in [0.05, 0.1) is 25.3 Å². The normalized spacial score (nSPS) is 11.6. The first-order chi connectivity index (χ1) is 13.3. The maximum absolute atomic E-state index is 12.5. The van der Waals surface area contributed by atoms with Crippen LogP contribution in [0.5, 0.6) is 11.5 Å². The molecule has 0 saturated carbocycles. The van der Waals surface area contributed by atoms with E-state index in [2.05, 4.69) is 5.32 Å².